The number of thiazole rings is 1. The largest absolute Gasteiger partial charge is 0.497 e. The van der Waals surface area contributed by atoms with Crippen molar-refractivity contribution in [1.29, 1.82) is 5.26 Å². The van der Waals surface area contributed by atoms with Crippen molar-refractivity contribution < 1.29 is 14.3 Å². The van der Waals surface area contributed by atoms with E-state index in [9.17, 15) is 14.9 Å². The molecule has 1 aromatic carbocycles. The Labute approximate surface area is 179 Å². The summed E-state index contributed by atoms with van der Waals surface area (Å²) in [6.45, 7) is 2.16. The lowest BCUT2D eigenvalue weighted by Gasteiger charge is -2.14. The Balaban J connectivity index is 2.13. The first-order valence-electron chi connectivity index (χ1n) is 9.87. The van der Waals surface area contributed by atoms with E-state index in [-0.39, 0.29) is 17.0 Å². The third-order valence-corrected chi connectivity index (χ3v) is 6.11. The Morgan fingerprint density at radius 3 is 2.53 bits per heavy atom. The van der Waals surface area contributed by atoms with E-state index in [2.05, 4.69) is 6.07 Å². The standard InChI is InChI=1S/C22H25N3O4S/c1-28-13-5-12-25-21(27)19(14-16-6-8-17(29-2)9-7-16)30-22(25)18(15-23)20(26)24-10-3-4-11-24/h6-9,14H,3-5,10-13H2,1-2H3/b19-14-,22-18+. The van der Waals surface area contributed by atoms with Crippen LogP contribution >= 0.6 is 11.3 Å². The zero-order valence-corrected chi connectivity index (χ0v) is 18.0. The summed E-state index contributed by atoms with van der Waals surface area (Å²) in [5.74, 6) is 0.431. The van der Waals surface area contributed by atoms with Crippen LogP contribution in [0.15, 0.2) is 29.1 Å². The predicted octanol–water partition coefficient (Wildman–Crippen LogP) is 1.08. The van der Waals surface area contributed by atoms with E-state index in [1.807, 2.05) is 24.3 Å². The van der Waals surface area contributed by atoms with E-state index >= 15 is 0 Å². The molecule has 1 saturated heterocycles. The molecule has 8 heteroatoms. The van der Waals surface area contributed by atoms with Gasteiger partial charge < -0.3 is 14.4 Å². The molecular formula is C22H25N3O4S. The van der Waals surface area contributed by atoms with Crippen LogP contribution in [0, 0.1) is 11.3 Å². The minimum Gasteiger partial charge on any atom is -0.497 e. The highest BCUT2D eigenvalue weighted by Crippen LogP contribution is 2.13. The fourth-order valence-corrected chi connectivity index (χ4v) is 4.51. The summed E-state index contributed by atoms with van der Waals surface area (Å²) in [4.78, 5) is 27.7. The number of methoxy groups -OCH3 is 2. The highest BCUT2D eigenvalue weighted by Gasteiger charge is 2.24. The van der Waals surface area contributed by atoms with Crippen molar-refractivity contribution in [2.45, 2.75) is 25.8 Å². The second kappa shape index (κ2) is 10.2. The van der Waals surface area contributed by atoms with Crippen LogP contribution in [0.5, 0.6) is 5.75 Å². The number of ether oxygens (including phenoxy) is 2. The van der Waals surface area contributed by atoms with Gasteiger partial charge in [-0.2, -0.15) is 5.26 Å². The molecule has 30 heavy (non-hydrogen) atoms. The number of likely N-dealkylation sites (tertiary alicyclic amines) is 1. The first-order valence-corrected chi connectivity index (χ1v) is 10.7. The summed E-state index contributed by atoms with van der Waals surface area (Å²) >= 11 is 1.18. The van der Waals surface area contributed by atoms with Crippen LogP contribution in [-0.2, 0) is 16.1 Å². The molecule has 0 unspecified atom stereocenters. The van der Waals surface area contributed by atoms with Gasteiger partial charge in [0, 0.05) is 33.4 Å². The first-order chi connectivity index (χ1) is 14.6. The smallest absolute Gasteiger partial charge is 0.269 e. The summed E-state index contributed by atoms with van der Waals surface area (Å²) < 4.78 is 12.7. The van der Waals surface area contributed by atoms with Crippen molar-refractivity contribution >= 4 is 28.9 Å². The number of amides is 1. The van der Waals surface area contributed by atoms with Gasteiger partial charge >= 0.3 is 0 Å². The third-order valence-electron chi connectivity index (χ3n) is 4.98. The second-order valence-electron chi connectivity index (χ2n) is 6.98. The lowest BCUT2D eigenvalue weighted by molar-refractivity contribution is -0.123. The van der Waals surface area contributed by atoms with Gasteiger partial charge in [0.25, 0.3) is 11.5 Å². The monoisotopic (exact) mass is 427 g/mol. The number of benzene rings is 1. The number of aromatic nitrogens is 1. The maximum absolute atomic E-state index is 13.1. The van der Waals surface area contributed by atoms with Crippen molar-refractivity contribution in [3.8, 4) is 11.8 Å². The predicted molar refractivity (Wildman–Crippen MR) is 116 cm³/mol. The lowest BCUT2D eigenvalue weighted by atomic mass is 10.2. The normalized spacial score (nSPS) is 15.2. The van der Waals surface area contributed by atoms with Crippen LogP contribution < -0.4 is 19.5 Å². The van der Waals surface area contributed by atoms with Crippen LogP contribution in [0.3, 0.4) is 0 Å². The molecule has 158 valence electrons. The summed E-state index contributed by atoms with van der Waals surface area (Å²) in [5.41, 5.74) is 0.670. The average molecular weight is 428 g/mol. The molecule has 1 aliphatic heterocycles. The summed E-state index contributed by atoms with van der Waals surface area (Å²) in [7, 11) is 3.20. The average Bonchev–Trinajstić information content (AvgIpc) is 3.40. The molecule has 1 aromatic heterocycles. The van der Waals surface area contributed by atoms with Gasteiger partial charge in [-0.05, 0) is 43.0 Å². The van der Waals surface area contributed by atoms with E-state index < -0.39 is 0 Å². The maximum Gasteiger partial charge on any atom is 0.269 e. The van der Waals surface area contributed by atoms with Gasteiger partial charge in [0.1, 0.15) is 16.5 Å². The second-order valence-corrected chi connectivity index (χ2v) is 8.01. The van der Waals surface area contributed by atoms with Crippen molar-refractivity contribution in [2.24, 2.45) is 0 Å². The molecule has 0 radical (unpaired) electrons. The molecule has 1 aliphatic rings. The summed E-state index contributed by atoms with van der Waals surface area (Å²) in [6.07, 6.45) is 4.26. The zero-order valence-electron chi connectivity index (χ0n) is 17.2. The Hall–Kier alpha value is -2.89. The molecule has 1 fully saturated rings. The Morgan fingerprint density at radius 1 is 1.23 bits per heavy atom. The van der Waals surface area contributed by atoms with Gasteiger partial charge in [0.05, 0.1) is 11.6 Å². The molecule has 7 nitrogen and oxygen atoms in total. The minimum atomic E-state index is -0.298. The number of nitriles is 1. The number of carbonyl (C=O) groups excluding carboxylic acids is 1. The number of hydrogen-bond acceptors (Lipinski definition) is 6. The number of carbonyl (C=O) groups is 1. The molecule has 0 bridgehead atoms. The van der Waals surface area contributed by atoms with E-state index in [4.69, 9.17) is 9.47 Å². The Bertz CT molecular complexity index is 1100. The molecular weight excluding hydrogens is 402 g/mol. The van der Waals surface area contributed by atoms with Crippen molar-refractivity contribution in [3.63, 3.8) is 0 Å². The molecule has 1 amide bonds. The van der Waals surface area contributed by atoms with E-state index in [1.165, 1.54) is 15.9 Å². The van der Waals surface area contributed by atoms with Gasteiger partial charge in [0.2, 0.25) is 0 Å². The maximum atomic E-state index is 13.1. The van der Waals surface area contributed by atoms with Crippen LogP contribution in [0.2, 0.25) is 0 Å². The third kappa shape index (κ3) is 4.81. The SMILES string of the molecule is COCCCn1c(=O)/c(=C/c2ccc(OC)cc2)s/c1=C(\C#N)C(=O)N1CCCC1. The van der Waals surface area contributed by atoms with Crippen LogP contribution in [0.4, 0.5) is 0 Å². The minimum absolute atomic E-state index is 0.0331. The number of hydrogen-bond donors (Lipinski definition) is 0. The molecule has 2 heterocycles. The number of rotatable bonds is 7. The molecule has 0 saturated carbocycles. The highest BCUT2D eigenvalue weighted by molar-refractivity contribution is 7.07. The van der Waals surface area contributed by atoms with Gasteiger partial charge in [-0.25, -0.2) is 0 Å². The topological polar surface area (TPSA) is 84.6 Å². The van der Waals surface area contributed by atoms with Gasteiger partial charge in [-0.3, -0.25) is 14.2 Å². The molecule has 0 aliphatic carbocycles. The molecule has 0 spiro atoms. The van der Waals surface area contributed by atoms with Gasteiger partial charge in [-0.1, -0.05) is 12.1 Å². The summed E-state index contributed by atoms with van der Waals surface area (Å²) in [5, 5.41) is 9.76. The fraction of sp³-hybridized carbons (Fsp3) is 0.409. The van der Waals surface area contributed by atoms with Crippen LogP contribution in [0.1, 0.15) is 24.8 Å². The zero-order chi connectivity index (χ0) is 21.5. The lowest BCUT2D eigenvalue weighted by Crippen LogP contribution is -2.36. The van der Waals surface area contributed by atoms with Crippen LogP contribution in [-0.4, -0.2) is 49.3 Å². The molecule has 3 rings (SSSR count). The Morgan fingerprint density at radius 2 is 1.93 bits per heavy atom. The van der Waals surface area contributed by atoms with Gasteiger partial charge in [0.15, 0.2) is 5.57 Å². The molecule has 2 aromatic rings. The van der Waals surface area contributed by atoms with E-state index in [0.717, 1.165) is 24.2 Å². The molecule has 0 N–H and O–H groups in total. The quantitative estimate of drug-likeness (QED) is 0.618. The highest BCUT2D eigenvalue weighted by atomic mass is 32.1. The van der Waals surface area contributed by atoms with Crippen LogP contribution in [0.25, 0.3) is 11.6 Å². The first kappa shape index (κ1) is 21.8. The number of nitrogens with zero attached hydrogens (tertiary/aromatic N) is 3. The van der Waals surface area contributed by atoms with Crippen molar-refractivity contribution in [2.75, 3.05) is 33.9 Å². The fourth-order valence-electron chi connectivity index (χ4n) is 3.39. The summed E-state index contributed by atoms with van der Waals surface area (Å²) in [6, 6.07) is 9.42. The van der Waals surface area contributed by atoms with Crippen molar-refractivity contribution in [1.82, 2.24) is 9.47 Å². The van der Waals surface area contributed by atoms with Crippen molar-refractivity contribution in [3.05, 3.63) is 49.4 Å². The van der Waals surface area contributed by atoms with Gasteiger partial charge in [-0.15, -0.1) is 11.3 Å². The Kier molecular flexibility index (Phi) is 7.44. The molecule has 0 atom stereocenters. The van der Waals surface area contributed by atoms with E-state index in [0.29, 0.717) is 41.9 Å². The van der Waals surface area contributed by atoms with E-state index in [1.54, 1.807) is 25.2 Å².